The number of alkyl halides is 1. The third-order valence-electron chi connectivity index (χ3n) is 1.54. The normalized spacial score (nSPS) is 16.5. The summed E-state index contributed by atoms with van der Waals surface area (Å²) in [5.74, 6) is -0.940. The summed E-state index contributed by atoms with van der Waals surface area (Å²) >= 11 is 7.53. The Morgan fingerprint density at radius 3 is 2.23 bits per heavy atom. The molecule has 0 saturated heterocycles. The first-order valence-electron chi connectivity index (χ1n) is 3.70. The molecule has 2 atom stereocenters. The fourth-order valence-corrected chi connectivity index (χ4v) is 1.05. The molecule has 0 aromatic carbocycles. The van der Waals surface area contributed by atoms with E-state index in [1.807, 2.05) is 6.92 Å². The summed E-state index contributed by atoms with van der Waals surface area (Å²) in [5.41, 5.74) is 0. The molecule has 0 spiro atoms. The first kappa shape index (κ1) is 16.4. The van der Waals surface area contributed by atoms with Crippen LogP contribution in [0, 0.1) is 0 Å². The molecule has 0 aliphatic heterocycles. The summed E-state index contributed by atoms with van der Waals surface area (Å²) in [7, 11) is 0. The third-order valence-corrected chi connectivity index (χ3v) is 2.20. The van der Waals surface area contributed by atoms with Gasteiger partial charge in [-0.05, 0) is 19.8 Å². The standard InChI is InChI=1S/C7H13BrO3.H2Se2/c1-3-5(9)4-7(2,8)6(10)11;1-2/h5,9H,3-4H2,1-2H3,(H,10,11);1-2H. The van der Waals surface area contributed by atoms with E-state index in [1.165, 1.54) is 6.92 Å². The average Bonchev–Trinajstić information content (AvgIpc) is 2.07. The van der Waals surface area contributed by atoms with Crippen LogP contribution in [-0.2, 0) is 4.79 Å². The summed E-state index contributed by atoms with van der Waals surface area (Å²) in [6, 6.07) is 0. The molecular formula is C7H15BrO3Se2. The topological polar surface area (TPSA) is 57.5 Å². The number of hydrogen-bond acceptors (Lipinski definition) is 2. The van der Waals surface area contributed by atoms with Gasteiger partial charge in [-0.3, -0.25) is 4.79 Å². The zero-order valence-electron chi connectivity index (χ0n) is 7.57. The van der Waals surface area contributed by atoms with Gasteiger partial charge in [-0.1, -0.05) is 22.9 Å². The van der Waals surface area contributed by atoms with Crippen LogP contribution in [0.15, 0.2) is 0 Å². The van der Waals surface area contributed by atoms with Gasteiger partial charge in [0, 0.05) is 0 Å². The van der Waals surface area contributed by atoms with E-state index in [4.69, 9.17) is 10.2 Å². The van der Waals surface area contributed by atoms with Gasteiger partial charge < -0.3 is 10.2 Å². The number of carboxylic acid groups (broad SMARTS) is 1. The molecule has 3 nitrogen and oxygen atoms in total. The van der Waals surface area contributed by atoms with E-state index in [-0.39, 0.29) is 6.42 Å². The maximum absolute atomic E-state index is 10.5. The Morgan fingerprint density at radius 1 is 1.62 bits per heavy atom. The molecule has 0 radical (unpaired) electrons. The molecule has 0 saturated carbocycles. The van der Waals surface area contributed by atoms with Gasteiger partial charge in [-0.2, -0.15) is 0 Å². The van der Waals surface area contributed by atoms with Gasteiger partial charge >= 0.3 is 34.3 Å². The van der Waals surface area contributed by atoms with Crippen LogP contribution in [0.2, 0.25) is 0 Å². The third kappa shape index (κ3) is 7.98. The zero-order chi connectivity index (χ0) is 11.1. The molecule has 0 amide bonds. The number of aliphatic hydroxyl groups excluding tert-OH is 1. The molecule has 2 unspecified atom stereocenters. The fraction of sp³-hybridized carbons (Fsp3) is 0.857. The van der Waals surface area contributed by atoms with Crippen LogP contribution in [0.1, 0.15) is 26.7 Å². The van der Waals surface area contributed by atoms with Gasteiger partial charge in [0.25, 0.3) is 0 Å². The molecule has 0 aromatic rings. The summed E-state index contributed by atoms with van der Waals surface area (Å²) in [5, 5.41) is 17.8. The van der Waals surface area contributed by atoms with Gasteiger partial charge in [0.05, 0.1) is 6.10 Å². The van der Waals surface area contributed by atoms with Gasteiger partial charge in [0.1, 0.15) is 4.32 Å². The summed E-state index contributed by atoms with van der Waals surface area (Å²) < 4.78 is -0.998. The van der Waals surface area contributed by atoms with Gasteiger partial charge in [-0.25, -0.2) is 0 Å². The molecule has 0 aliphatic rings. The van der Waals surface area contributed by atoms with Crippen LogP contribution in [0.3, 0.4) is 0 Å². The number of aliphatic carboxylic acids is 1. The fourth-order valence-electron chi connectivity index (χ4n) is 0.674. The van der Waals surface area contributed by atoms with Crippen LogP contribution in [0.5, 0.6) is 0 Å². The molecule has 0 rings (SSSR count). The Hall–Kier alpha value is 0.949. The molecule has 0 bridgehead atoms. The van der Waals surface area contributed by atoms with Crippen molar-refractivity contribution in [1.82, 2.24) is 0 Å². The molecule has 0 heterocycles. The van der Waals surface area contributed by atoms with E-state index in [9.17, 15) is 4.79 Å². The summed E-state index contributed by atoms with van der Waals surface area (Å²) in [4.78, 5) is 10.5. The predicted molar refractivity (Wildman–Crippen MR) is 60.2 cm³/mol. The van der Waals surface area contributed by atoms with Crippen LogP contribution in [-0.4, -0.2) is 55.0 Å². The number of halogens is 1. The monoisotopic (exact) mass is 386 g/mol. The van der Waals surface area contributed by atoms with Gasteiger partial charge in [0.2, 0.25) is 0 Å². The predicted octanol–water partition coefficient (Wildman–Crippen LogP) is 0.0886. The van der Waals surface area contributed by atoms with Crippen LogP contribution in [0.25, 0.3) is 0 Å². The van der Waals surface area contributed by atoms with Crippen molar-refractivity contribution in [2.75, 3.05) is 0 Å². The number of aliphatic hydroxyl groups is 1. The number of rotatable bonds is 4. The quantitative estimate of drug-likeness (QED) is 0.533. The van der Waals surface area contributed by atoms with Crippen molar-refractivity contribution in [1.29, 1.82) is 0 Å². The van der Waals surface area contributed by atoms with Crippen molar-refractivity contribution < 1.29 is 15.0 Å². The van der Waals surface area contributed by atoms with Crippen molar-refractivity contribution in [2.24, 2.45) is 0 Å². The van der Waals surface area contributed by atoms with E-state index in [0.29, 0.717) is 6.42 Å². The summed E-state index contributed by atoms with van der Waals surface area (Å²) in [6.45, 7) is 3.35. The van der Waals surface area contributed by atoms with E-state index in [2.05, 4.69) is 44.3 Å². The molecule has 13 heavy (non-hydrogen) atoms. The van der Waals surface area contributed by atoms with Crippen LogP contribution >= 0.6 is 15.9 Å². The van der Waals surface area contributed by atoms with Gasteiger partial charge in [0.15, 0.2) is 0 Å². The Bertz CT molecular complexity index is 153. The van der Waals surface area contributed by atoms with Crippen molar-refractivity contribution in [3.05, 3.63) is 0 Å². The number of hydrogen-bond donors (Lipinski definition) is 2. The van der Waals surface area contributed by atoms with E-state index in [0.717, 1.165) is 0 Å². The van der Waals surface area contributed by atoms with E-state index < -0.39 is 16.4 Å². The minimum atomic E-state index is -0.998. The summed E-state index contributed by atoms with van der Waals surface area (Å²) in [6.07, 6.45) is 0.267. The van der Waals surface area contributed by atoms with Crippen molar-refractivity contribution >= 4 is 50.3 Å². The van der Waals surface area contributed by atoms with Crippen molar-refractivity contribution in [3.8, 4) is 0 Å². The Morgan fingerprint density at radius 2 is 2.00 bits per heavy atom. The molecule has 0 aliphatic carbocycles. The molecule has 0 fully saturated rings. The Labute approximate surface area is 102 Å². The maximum atomic E-state index is 10.5. The Kier molecular flexibility index (Phi) is 10.4. The van der Waals surface area contributed by atoms with Crippen LogP contribution < -0.4 is 0 Å². The number of carbonyl (C=O) groups is 1. The zero-order valence-corrected chi connectivity index (χ0v) is 12.9. The first-order chi connectivity index (χ1) is 5.90. The minimum absolute atomic E-state index is 0.235. The second-order valence-electron chi connectivity index (χ2n) is 2.77. The van der Waals surface area contributed by atoms with E-state index in [1.54, 1.807) is 0 Å². The SMILES string of the molecule is CCC(O)CC(C)(Br)C(=O)O.[SeH][SeH]. The Balaban J connectivity index is 0. The number of carboxylic acids is 1. The second-order valence-corrected chi connectivity index (χ2v) is 4.52. The van der Waals surface area contributed by atoms with Crippen molar-refractivity contribution in [2.45, 2.75) is 37.1 Å². The van der Waals surface area contributed by atoms with Crippen molar-refractivity contribution in [3.63, 3.8) is 0 Å². The van der Waals surface area contributed by atoms with Gasteiger partial charge in [-0.15, -0.1) is 0 Å². The second kappa shape index (κ2) is 8.27. The van der Waals surface area contributed by atoms with Crippen LogP contribution in [0.4, 0.5) is 0 Å². The average molecular weight is 385 g/mol. The van der Waals surface area contributed by atoms with E-state index >= 15 is 0 Å². The molecule has 2 N–H and O–H groups in total. The molecule has 80 valence electrons. The molecule has 0 aromatic heterocycles. The molecular weight excluding hydrogens is 370 g/mol. The molecule has 6 heteroatoms. The first-order valence-corrected chi connectivity index (χ1v) is 9.70.